The predicted octanol–water partition coefficient (Wildman–Crippen LogP) is 1.44. The van der Waals surface area contributed by atoms with Crippen LogP contribution >= 0.6 is 0 Å². The Morgan fingerprint density at radius 3 is 2.61 bits per heavy atom. The Kier molecular flexibility index (Phi) is 3.14. The van der Waals surface area contributed by atoms with Gasteiger partial charge in [0.15, 0.2) is 5.69 Å². The molecule has 0 unspecified atom stereocenters. The number of carbonyl (C=O) groups excluding carboxylic acids is 1. The van der Waals surface area contributed by atoms with Crippen LogP contribution in [0, 0.1) is 0 Å². The van der Waals surface area contributed by atoms with Crippen LogP contribution in [0.2, 0.25) is 0 Å². The monoisotopic (exact) mass is 243 g/mol. The van der Waals surface area contributed by atoms with Gasteiger partial charge < -0.3 is 16.2 Å². The van der Waals surface area contributed by atoms with Crippen molar-refractivity contribution >= 4 is 11.6 Å². The second-order valence-electron chi connectivity index (χ2n) is 3.70. The van der Waals surface area contributed by atoms with E-state index in [4.69, 9.17) is 16.2 Å². The van der Waals surface area contributed by atoms with Gasteiger partial charge in [0.1, 0.15) is 5.75 Å². The highest BCUT2D eigenvalue weighted by Gasteiger charge is 2.12. The van der Waals surface area contributed by atoms with Gasteiger partial charge in [-0.15, -0.1) is 0 Å². The van der Waals surface area contributed by atoms with Gasteiger partial charge in [-0.2, -0.15) is 0 Å². The third kappa shape index (κ3) is 2.10. The zero-order valence-corrected chi connectivity index (χ0v) is 9.88. The number of primary amides is 1. The standard InChI is InChI=1S/C13H13N3O2/c1-18-11-5-3-2-4-8(11)10-7-6-9(14)12(16-10)13(15)17/h2-7H,14H2,1H3,(H2,15,17). The fourth-order valence-corrected chi connectivity index (χ4v) is 1.67. The number of nitrogens with two attached hydrogens (primary N) is 2. The lowest BCUT2D eigenvalue weighted by Crippen LogP contribution is -2.15. The highest BCUT2D eigenvalue weighted by Crippen LogP contribution is 2.29. The van der Waals surface area contributed by atoms with E-state index < -0.39 is 5.91 Å². The minimum atomic E-state index is -0.649. The van der Waals surface area contributed by atoms with E-state index in [9.17, 15) is 4.79 Å². The Balaban J connectivity index is 2.58. The van der Waals surface area contributed by atoms with Crippen molar-refractivity contribution in [3.8, 4) is 17.0 Å². The third-order valence-electron chi connectivity index (χ3n) is 2.54. The smallest absolute Gasteiger partial charge is 0.269 e. The molecule has 1 aromatic carbocycles. The molecule has 0 spiro atoms. The molecule has 5 nitrogen and oxygen atoms in total. The van der Waals surface area contributed by atoms with Crippen LogP contribution in [0.1, 0.15) is 10.5 Å². The summed E-state index contributed by atoms with van der Waals surface area (Å²) in [6.45, 7) is 0. The van der Waals surface area contributed by atoms with Crippen molar-refractivity contribution in [2.75, 3.05) is 12.8 Å². The van der Waals surface area contributed by atoms with Crippen LogP contribution in [0.3, 0.4) is 0 Å². The van der Waals surface area contributed by atoms with Crippen LogP contribution in [0.5, 0.6) is 5.75 Å². The van der Waals surface area contributed by atoms with Crippen molar-refractivity contribution in [2.24, 2.45) is 5.73 Å². The van der Waals surface area contributed by atoms with Gasteiger partial charge >= 0.3 is 0 Å². The molecular formula is C13H13N3O2. The van der Waals surface area contributed by atoms with Crippen molar-refractivity contribution in [1.29, 1.82) is 0 Å². The molecule has 18 heavy (non-hydrogen) atoms. The van der Waals surface area contributed by atoms with Gasteiger partial charge in [0.2, 0.25) is 0 Å². The number of nitrogens with zero attached hydrogens (tertiary/aromatic N) is 1. The van der Waals surface area contributed by atoms with E-state index >= 15 is 0 Å². The number of anilines is 1. The quantitative estimate of drug-likeness (QED) is 0.853. The largest absolute Gasteiger partial charge is 0.496 e. The molecule has 2 rings (SSSR count). The molecule has 0 atom stereocenters. The fraction of sp³-hybridized carbons (Fsp3) is 0.0769. The molecule has 0 fully saturated rings. The van der Waals surface area contributed by atoms with Crippen LogP contribution < -0.4 is 16.2 Å². The molecule has 4 N–H and O–H groups in total. The van der Waals surface area contributed by atoms with Gasteiger partial charge in [-0.3, -0.25) is 4.79 Å². The number of hydrogen-bond acceptors (Lipinski definition) is 4. The maximum Gasteiger partial charge on any atom is 0.269 e. The van der Waals surface area contributed by atoms with Crippen LogP contribution in [0.4, 0.5) is 5.69 Å². The van der Waals surface area contributed by atoms with Gasteiger partial charge in [-0.1, -0.05) is 12.1 Å². The minimum Gasteiger partial charge on any atom is -0.496 e. The number of hydrogen-bond donors (Lipinski definition) is 2. The summed E-state index contributed by atoms with van der Waals surface area (Å²) >= 11 is 0. The lowest BCUT2D eigenvalue weighted by atomic mass is 10.1. The SMILES string of the molecule is COc1ccccc1-c1ccc(N)c(C(N)=O)n1. The van der Waals surface area contributed by atoms with Gasteiger partial charge in [0.25, 0.3) is 5.91 Å². The van der Waals surface area contributed by atoms with E-state index in [0.717, 1.165) is 5.56 Å². The van der Waals surface area contributed by atoms with Gasteiger partial charge in [0.05, 0.1) is 18.5 Å². The lowest BCUT2D eigenvalue weighted by molar-refractivity contribution is 0.0996. The van der Waals surface area contributed by atoms with E-state index in [1.54, 1.807) is 19.2 Å². The summed E-state index contributed by atoms with van der Waals surface area (Å²) in [7, 11) is 1.57. The van der Waals surface area contributed by atoms with Crippen LogP contribution in [0.25, 0.3) is 11.3 Å². The normalized spacial score (nSPS) is 10.1. The van der Waals surface area contributed by atoms with Crippen molar-refractivity contribution in [2.45, 2.75) is 0 Å². The Morgan fingerprint density at radius 1 is 1.22 bits per heavy atom. The first-order valence-corrected chi connectivity index (χ1v) is 5.33. The molecule has 1 heterocycles. The zero-order valence-electron chi connectivity index (χ0n) is 9.88. The topological polar surface area (TPSA) is 91.2 Å². The van der Waals surface area contributed by atoms with Crippen molar-refractivity contribution < 1.29 is 9.53 Å². The number of nitrogen functional groups attached to an aromatic ring is 1. The average molecular weight is 243 g/mol. The first-order chi connectivity index (χ1) is 8.63. The van der Waals surface area contributed by atoms with Crippen LogP contribution in [0.15, 0.2) is 36.4 Å². The summed E-state index contributed by atoms with van der Waals surface area (Å²) in [6.07, 6.45) is 0. The molecule has 0 radical (unpaired) electrons. The number of rotatable bonds is 3. The maximum absolute atomic E-state index is 11.2. The van der Waals surface area contributed by atoms with Crippen LogP contribution in [-0.2, 0) is 0 Å². The molecule has 2 aromatic rings. The molecule has 0 aliphatic carbocycles. The summed E-state index contributed by atoms with van der Waals surface area (Å²) in [5.41, 5.74) is 12.6. The number of para-hydroxylation sites is 1. The van der Waals surface area contributed by atoms with Crippen molar-refractivity contribution in [1.82, 2.24) is 4.98 Å². The van der Waals surface area contributed by atoms with E-state index in [0.29, 0.717) is 11.4 Å². The van der Waals surface area contributed by atoms with Gasteiger partial charge in [0, 0.05) is 5.56 Å². The highest BCUT2D eigenvalue weighted by atomic mass is 16.5. The summed E-state index contributed by atoms with van der Waals surface area (Å²) in [5.74, 6) is 0.0226. The summed E-state index contributed by atoms with van der Waals surface area (Å²) in [4.78, 5) is 15.4. The third-order valence-corrected chi connectivity index (χ3v) is 2.54. The summed E-state index contributed by atoms with van der Waals surface area (Å²) < 4.78 is 5.24. The molecule has 0 saturated carbocycles. The molecule has 1 aromatic heterocycles. The van der Waals surface area contributed by atoms with E-state index in [2.05, 4.69) is 4.98 Å². The molecule has 0 bridgehead atoms. The number of aromatic nitrogens is 1. The Morgan fingerprint density at radius 2 is 1.94 bits per heavy atom. The fourth-order valence-electron chi connectivity index (χ4n) is 1.67. The molecule has 1 amide bonds. The first-order valence-electron chi connectivity index (χ1n) is 5.33. The van der Waals surface area contributed by atoms with E-state index in [1.807, 2.05) is 24.3 Å². The predicted molar refractivity (Wildman–Crippen MR) is 69.2 cm³/mol. The number of ether oxygens (including phenoxy) is 1. The zero-order chi connectivity index (χ0) is 13.1. The van der Waals surface area contributed by atoms with Gasteiger partial charge in [-0.05, 0) is 24.3 Å². The molecular weight excluding hydrogens is 230 g/mol. The number of pyridine rings is 1. The van der Waals surface area contributed by atoms with Gasteiger partial charge in [-0.25, -0.2) is 4.98 Å². The highest BCUT2D eigenvalue weighted by molar-refractivity contribution is 5.96. The number of benzene rings is 1. The molecule has 0 aliphatic heterocycles. The molecule has 0 aliphatic rings. The second kappa shape index (κ2) is 4.75. The number of carbonyl (C=O) groups is 1. The maximum atomic E-state index is 11.2. The van der Waals surface area contributed by atoms with Crippen LogP contribution in [-0.4, -0.2) is 18.0 Å². The minimum absolute atomic E-state index is 0.0680. The van der Waals surface area contributed by atoms with E-state index in [-0.39, 0.29) is 11.4 Å². The van der Waals surface area contributed by atoms with Crippen molar-refractivity contribution in [3.63, 3.8) is 0 Å². The molecule has 92 valence electrons. The summed E-state index contributed by atoms with van der Waals surface area (Å²) in [6, 6.07) is 10.7. The molecule has 5 heteroatoms. The average Bonchev–Trinajstić information content (AvgIpc) is 2.39. The second-order valence-corrected chi connectivity index (χ2v) is 3.70. The Bertz CT molecular complexity index is 597. The first kappa shape index (κ1) is 11.9. The summed E-state index contributed by atoms with van der Waals surface area (Å²) in [5, 5.41) is 0. The van der Waals surface area contributed by atoms with E-state index in [1.165, 1.54) is 0 Å². The molecule has 0 saturated heterocycles. The number of methoxy groups -OCH3 is 1. The van der Waals surface area contributed by atoms with Crippen molar-refractivity contribution in [3.05, 3.63) is 42.1 Å². The number of amides is 1. The lowest BCUT2D eigenvalue weighted by Gasteiger charge is -2.09. The Hall–Kier alpha value is -2.56. The Labute approximate surface area is 104 Å².